The lowest BCUT2D eigenvalue weighted by molar-refractivity contribution is -0.225. The van der Waals surface area contributed by atoms with Crippen LogP contribution in [0.3, 0.4) is 0 Å². The molecule has 78 valence electrons. The Balaban J connectivity index is 2.87. The fraction of sp³-hybridized carbons (Fsp3) is 1.00. The van der Waals surface area contributed by atoms with E-state index in [0.29, 0.717) is 12.8 Å². The maximum atomic E-state index is 12.7. The normalized spacial score (nSPS) is 34.6. The van der Waals surface area contributed by atoms with Crippen molar-refractivity contribution < 1.29 is 13.2 Å². The van der Waals surface area contributed by atoms with Crippen molar-refractivity contribution in [1.82, 2.24) is 0 Å². The van der Waals surface area contributed by atoms with Gasteiger partial charge in [0.2, 0.25) is 0 Å². The SMILES string of the molecule is CC1CCCC(C)(C)C1C(F)(F)F. The molecule has 0 aromatic heterocycles. The van der Waals surface area contributed by atoms with E-state index in [0.717, 1.165) is 6.42 Å². The predicted octanol–water partition coefficient (Wildman–Crippen LogP) is 4.01. The van der Waals surface area contributed by atoms with Gasteiger partial charge in [0.15, 0.2) is 0 Å². The van der Waals surface area contributed by atoms with Crippen LogP contribution < -0.4 is 0 Å². The fourth-order valence-electron chi connectivity index (χ4n) is 2.74. The standard InChI is InChI=1S/C10H17F3/c1-7-5-4-6-9(2,3)8(7)10(11,12)13/h7-8H,4-6H2,1-3H3. The van der Waals surface area contributed by atoms with E-state index in [9.17, 15) is 13.2 Å². The molecule has 0 N–H and O–H groups in total. The van der Waals surface area contributed by atoms with Crippen LogP contribution in [-0.4, -0.2) is 6.18 Å². The zero-order valence-corrected chi connectivity index (χ0v) is 8.41. The third-order valence-corrected chi connectivity index (χ3v) is 3.24. The minimum absolute atomic E-state index is 0.219. The van der Waals surface area contributed by atoms with Crippen LogP contribution in [0.5, 0.6) is 0 Å². The minimum atomic E-state index is -4.02. The molecule has 0 aromatic carbocycles. The summed E-state index contributed by atoms with van der Waals surface area (Å²) in [6, 6.07) is 0. The topological polar surface area (TPSA) is 0 Å². The average molecular weight is 194 g/mol. The molecule has 2 atom stereocenters. The highest BCUT2D eigenvalue weighted by Crippen LogP contribution is 2.51. The van der Waals surface area contributed by atoms with E-state index in [1.165, 1.54) is 0 Å². The van der Waals surface area contributed by atoms with Crippen LogP contribution in [0, 0.1) is 17.3 Å². The van der Waals surface area contributed by atoms with Crippen LogP contribution >= 0.6 is 0 Å². The molecule has 1 aliphatic carbocycles. The van der Waals surface area contributed by atoms with Crippen molar-refractivity contribution in [3.8, 4) is 0 Å². The highest BCUT2D eigenvalue weighted by molar-refractivity contribution is 4.90. The molecule has 1 aliphatic rings. The first-order valence-corrected chi connectivity index (χ1v) is 4.82. The summed E-state index contributed by atoms with van der Waals surface area (Å²) in [5, 5.41) is 0. The van der Waals surface area contributed by atoms with Gasteiger partial charge in [-0.1, -0.05) is 33.6 Å². The molecule has 0 aromatic rings. The first-order valence-electron chi connectivity index (χ1n) is 4.82. The van der Waals surface area contributed by atoms with Gasteiger partial charge >= 0.3 is 6.18 Å². The number of hydrogen-bond donors (Lipinski definition) is 0. The second-order valence-corrected chi connectivity index (χ2v) is 4.88. The van der Waals surface area contributed by atoms with Crippen LogP contribution in [0.1, 0.15) is 40.0 Å². The molecule has 0 amide bonds. The third kappa shape index (κ3) is 2.18. The van der Waals surface area contributed by atoms with Gasteiger partial charge in [-0.15, -0.1) is 0 Å². The first kappa shape index (κ1) is 10.9. The lowest BCUT2D eigenvalue weighted by Gasteiger charge is -2.43. The Morgan fingerprint density at radius 3 is 2.08 bits per heavy atom. The zero-order valence-electron chi connectivity index (χ0n) is 8.41. The van der Waals surface area contributed by atoms with Gasteiger partial charge in [0.1, 0.15) is 0 Å². The van der Waals surface area contributed by atoms with E-state index >= 15 is 0 Å². The van der Waals surface area contributed by atoms with Crippen molar-refractivity contribution in [3.63, 3.8) is 0 Å². The van der Waals surface area contributed by atoms with Gasteiger partial charge in [-0.3, -0.25) is 0 Å². The molecule has 0 saturated heterocycles. The van der Waals surface area contributed by atoms with Gasteiger partial charge in [0.05, 0.1) is 5.92 Å². The molecule has 3 heteroatoms. The Morgan fingerprint density at radius 2 is 1.77 bits per heavy atom. The van der Waals surface area contributed by atoms with Crippen molar-refractivity contribution in [2.45, 2.75) is 46.2 Å². The Morgan fingerprint density at radius 1 is 1.23 bits per heavy atom. The molecular formula is C10H17F3. The van der Waals surface area contributed by atoms with E-state index in [4.69, 9.17) is 0 Å². The van der Waals surface area contributed by atoms with Gasteiger partial charge < -0.3 is 0 Å². The van der Waals surface area contributed by atoms with Gasteiger partial charge in [0, 0.05) is 0 Å². The highest BCUT2D eigenvalue weighted by Gasteiger charge is 2.52. The smallest absolute Gasteiger partial charge is 0.171 e. The van der Waals surface area contributed by atoms with Crippen LogP contribution in [0.4, 0.5) is 13.2 Å². The molecule has 1 fully saturated rings. The van der Waals surface area contributed by atoms with Gasteiger partial charge in [-0.05, 0) is 17.8 Å². The molecule has 0 bridgehead atoms. The van der Waals surface area contributed by atoms with Crippen LogP contribution in [0.15, 0.2) is 0 Å². The molecular weight excluding hydrogens is 177 g/mol. The second-order valence-electron chi connectivity index (χ2n) is 4.88. The van der Waals surface area contributed by atoms with Gasteiger partial charge in [-0.25, -0.2) is 0 Å². The molecule has 1 rings (SSSR count). The summed E-state index contributed by atoms with van der Waals surface area (Å²) >= 11 is 0. The van der Waals surface area contributed by atoms with Crippen LogP contribution in [0.25, 0.3) is 0 Å². The third-order valence-electron chi connectivity index (χ3n) is 3.24. The summed E-state index contributed by atoms with van der Waals surface area (Å²) in [5.41, 5.74) is -0.573. The van der Waals surface area contributed by atoms with Crippen molar-refractivity contribution in [2.24, 2.45) is 17.3 Å². The summed E-state index contributed by atoms with van der Waals surface area (Å²) in [7, 11) is 0. The fourth-order valence-corrected chi connectivity index (χ4v) is 2.74. The molecule has 0 heterocycles. The van der Waals surface area contributed by atoms with Crippen LogP contribution in [0.2, 0.25) is 0 Å². The summed E-state index contributed by atoms with van der Waals surface area (Å²) in [4.78, 5) is 0. The highest BCUT2D eigenvalue weighted by atomic mass is 19.4. The molecule has 2 unspecified atom stereocenters. The zero-order chi connectivity index (χ0) is 10.3. The summed E-state index contributed by atoms with van der Waals surface area (Å²) in [5.74, 6) is -1.34. The number of rotatable bonds is 0. The summed E-state index contributed by atoms with van der Waals surface area (Å²) < 4.78 is 38.1. The quantitative estimate of drug-likeness (QED) is 0.546. The van der Waals surface area contributed by atoms with Gasteiger partial charge in [-0.2, -0.15) is 13.2 Å². The molecule has 1 saturated carbocycles. The van der Waals surface area contributed by atoms with E-state index < -0.39 is 17.5 Å². The summed E-state index contributed by atoms with van der Waals surface area (Å²) in [6.07, 6.45) is -1.68. The lowest BCUT2D eigenvalue weighted by atomic mass is 9.64. The molecule has 0 spiro atoms. The monoisotopic (exact) mass is 194 g/mol. The van der Waals surface area contributed by atoms with Crippen molar-refractivity contribution in [1.29, 1.82) is 0 Å². The molecule has 0 radical (unpaired) electrons. The maximum absolute atomic E-state index is 12.7. The van der Waals surface area contributed by atoms with Crippen molar-refractivity contribution in [3.05, 3.63) is 0 Å². The second kappa shape index (κ2) is 3.18. The average Bonchev–Trinajstić information content (AvgIpc) is 1.79. The number of halogens is 3. The first-order chi connectivity index (χ1) is 5.75. The molecule has 0 nitrogen and oxygen atoms in total. The lowest BCUT2D eigenvalue weighted by Crippen LogP contribution is -2.43. The van der Waals surface area contributed by atoms with Crippen LogP contribution in [-0.2, 0) is 0 Å². The Hall–Kier alpha value is -0.210. The van der Waals surface area contributed by atoms with E-state index in [1.807, 2.05) is 0 Å². The Bertz CT molecular complexity index is 181. The van der Waals surface area contributed by atoms with Crippen molar-refractivity contribution in [2.75, 3.05) is 0 Å². The maximum Gasteiger partial charge on any atom is 0.392 e. The van der Waals surface area contributed by atoms with E-state index in [-0.39, 0.29) is 5.92 Å². The van der Waals surface area contributed by atoms with E-state index in [1.54, 1.807) is 20.8 Å². The Kier molecular flexibility index (Phi) is 2.65. The Labute approximate surface area is 77.5 Å². The largest absolute Gasteiger partial charge is 0.392 e. The number of alkyl halides is 3. The molecule has 13 heavy (non-hydrogen) atoms. The molecule has 0 aliphatic heterocycles. The summed E-state index contributed by atoms with van der Waals surface area (Å²) in [6.45, 7) is 5.20. The van der Waals surface area contributed by atoms with E-state index in [2.05, 4.69) is 0 Å². The van der Waals surface area contributed by atoms with Gasteiger partial charge in [0.25, 0.3) is 0 Å². The number of hydrogen-bond acceptors (Lipinski definition) is 0. The minimum Gasteiger partial charge on any atom is -0.171 e. The predicted molar refractivity (Wildman–Crippen MR) is 46.3 cm³/mol. The van der Waals surface area contributed by atoms with Crippen molar-refractivity contribution >= 4 is 0 Å².